The van der Waals surface area contributed by atoms with Crippen molar-refractivity contribution in [3.63, 3.8) is 0 Å². The Kier molecular flexibility index (Phi) is 3.14. The summed E-state index contributed by atoms with van der Waals surface area (Å²) in [5.41, 5.74) is 0. The number of allylic oxidation sites excluding steroid dienone is 1. The van der Waals surface area contributed by atoms with Gasteiger partial charge in [-0.15, -0.1) is 0 Å². The van der Waals surface area contributed by atoms with Gasteiger partial charge in [0.15, 0.2) is 0 Å². The largest absolute Gasteiger partial charge is 0.467 e. The maximum atomic E-state index is 9.97. The Labute approximate surface area is 71.3 Å². The van der Waals surface area contributed by atoms with Gasteiger partial charge in [0.2, 0.25) is 0 Å². The van der Waals surface area contributed by atoms with Crippen molar-refractivity contribution in [2.24, 2.45) is 0 Å². The lowest BCUT2D eigenvalue weighted by Gasteiger charge is -2.10. The summed E-state index contributed by atoms with van der Waals surface area (Å²) in [5.74, 6) is 0.882. The summed E-state index contributed by atoms with van der Waals surface area (Å²) in [4.78, 5) is 11.8. The number of furan rings is 1. The normalized spacial score (nSPS) is 10.4. The zero-order valence-corrected chi connectivity index (χ0v) is 6.93. The number of carbonyl (C=O) groups excluding carboxylic acids is 1. The zero-order chi connectivity index (χ0) is 8.81. The van der Waals surface area contributed by atoms with Gasteiger partial charge in [-0.3, -0.25) is 4.79 Å². The Morgan fingerprint density at radius 2 is 2.50 bits per heavy atom. The summed E-state index contributed by atoms with van der Waals surface area (Å²) >= 11 is 0. The van der Waals surface area contributed by atoms with E-state index in [2.05, 4.69) is 0 Å². The van der Waals surface area contributed by atoms with E-state index >= 15 is 0 Å². The fraction of sp³-hybridized carbons (Fsp3) is 0.222. The topological polar surface area (TPSA) is 33.5 Å². The van der Waals surface area contributed by atoms with Crippen LogP contribution in [-0.2, 0) is 11.3 Å². The van der Waals surface area contributed by atoms with Crippen LogP contribution in [0.15, 0.2) is 35.1 Å². The highest BCUT2D eigenvalue weighted by Gasteiger charge is 1.96. The first kappa shape index (κ1) is 8.59. The highest BCUT2D eigenvalue weighted by molar-refractivity contribution is 5.64. The van der Waals surface area contributed by atoms with Crippen LogP contribution in [0.4, 0.5) is 0 Å². The Balaban J connectivity index is 2.41. The third kappa shape index (κ3) is 2.62. The molecule has 1 heterocycles. The molecule has 1 rings (SSSR count). The molecule has 0 aliphatic heterocycles. The summed E-state index contributed by atoms with van der Waals surface area (Å²) in [6, 6.07) is 3.73. The molecule has 0 N–H and O–H groups in total. The van der Waals surface area contributed by atoms with E-state index in [1.54, 1.807) is 12.5 Å². The quantitative estimate of drug-likeness (QED) is 0.499. The van der Waals surface area contributed by atoms with Gasteiger partial charge in [-0.1, -0.05) is 0 Å². The number of rotatable bonds is 4. The number of hydrogen-bond donors (Lipinski definition) is 0. The molecule has 0 bridgehead atoms. The van der Waals surface area contributed by atoms with Crippen molar-refractivity contribution >= 4 is 6.29 Å². The summed E-state index contributed by atoms with van der Waals surface area (Å²) in [7, 11) is 1.88. The maximum absolute atomic E-state index is 9.97. The molecule has 0 atom stereocenters. The molecular formula is C9H11NO2. The smallest absolute Gasteiger partial charge is 0.144 e. The minimum atomic E-state index is 0.678. The SMILES string of the molecule is CN(/C=C/C=O)Cc1ccco1. The van der Waals surface area contributed by atoms with Gasteiger partial charge in [0.25, 0.3) is 0 Å². The lowest BCUT2D eigenvalue weighted by molar-refractivity contribution is -0.104. The molecule has 0 saturated carbocycles. The van der Waals surface area contributed by atoms with Crippen LogP contribution >= 0.6 is 0 Å². The second-order valence-corrected chi connectivity index (χ2v) is 2.47. The molecule has 0 aliphatic rings. The number of hydrogen-bond acceptors (Lipinski definition) is 3. The van der Waals surface area contributed by atoms with E-state index in [0.717, 1.165) is 12.0 Å². The molecule has 0 fully saturated rings. The molecule has 1 aromatic heterocycles. The van der Waals surface area contributed by atoms with Gasteiger partial charge < -0.3 is 9.32 Å². The highest BCUT2D eigenvalue weighted by atomic mass is 16.3. The van der Waals surface area contributed by atoms with Crippen LogP contribution in [0, 0.1) is 0 Å². The van der Waals surface area contributed by atoms with E-state index in [-0.39, 0.29) is 0 Å². The molecule has 0 aromatic carbocycles. The number of nitrogens with zero attached hydrogens (tertiary/aromatic N) is 1. The summed E-state index contributed by atoms with van der Waals surface area (Å²) in [5, 5.41) is 0. The predicted octanol–water partition coefficient (Wildman–Crippen LogP) is 1.42. The first-order chi connectivity index (χ1) is 5.83. The van der Waals surface area contributed by atoms with Crippen LogP contribution in [0.1, 0.15) is 5.76 Å². The van der Waals surface area contributed by atoms with Crippen molar-refractivity contribution in [1.82, 2.24) is 4.90 Å². The van der Waals surface area contributed by atoms with E-state index in [1.807, 2.05) is 24.1 Å². The number of carbonyl (C=O) groups is 1. The van der Waals surface area contributed by atoms with Crippen molar-refractivity contribution in [2.75, 3.05) is 7.05 Å². The average molecular weight is 165 g/mol. The molecule has 0 aliphatic carbocycles. The maximum Gasteiger partial charge on any atom is 0.144 e. The minimum absolute atomic E-state index is 0.678. The minimum Gasteiger partial charge on any atom is -0.467 e. The summed E-state index contributed by atoms with van der Waals surface area (Å²) in [6.07, 6.45) is 5.53. The molecule has 64 valence electrons. The molecular weight excluding hydrogens is 154 g/mol. The second kappa shape index (κ2) is 4.38. The van der Waals surface area contributed by atoms with E-state index in [9.17, 15) is 4.79 Å². The van der Waals surface area contributed by atoms with Gasteiger partial charge in [-0.05, 0) is 18.2 Å². The van der Waals surface area contributed by atoms with Crippen molar-refractivity contribution < 1.29 is 9.21 Å². The molecule has 0 unspecified atom stereocenters. The lowest BCUT2D eigenvalue weighted by Crippen LogP contribution is -2.08. The molecule has 0 saturated heterocycles. The molecule has 1 aromatic rings. The van der Waals surface area contributed by atoms with Gasteiger partial charge in [-0.25, -0.2) is 0 Å². The van der Waals surface area contributed by atoms with Gasteiger partial charge in [0, 0.05) is 13.2 Å². The molecule has 3 nitrogen and oxygen atoms in total. The van der Waals surface area contributed by atoms with Crippen LogP contribution < -0.4 is 0 Å². The summed E-state index contributed by atoms with van der Waals surface area (Å²) < 4.78 is 5.12. The Hall–Kier alpha value is -1.51. The molecule has 0 spiro atoms. The fourth-order valence-corrected chi connectivity index (χ4v) is 0.883. The zero-order valence-electron chi connectivity index (χ0n) is 6.93. The van der Waals surface area contributed by atoms with E-state index in [1.165, 1.54) is 6.08 Å². The van der Waals surface area contributed by atoms with E-state index < -0.39 is 0 Å². The van der Waals surface area contributed by atoms with Crippen molar-refractivity contribution in [3.8, 4) is 0 Å². The van der Waals surface area contributed by atoms with Crippen molar-refractivity contribution in [3.05, 3.63) is 36.4 Å². The standard InChI is InChI=1S/C9H11NO2/c1-10(5-3-6-11)8-9-4-2-7-12-9/h2-7H,8H2,1H3/b5-3+. The van der Waals surface area contributed by atoms with Crippen LogP contribution in [0.2, 0.25) is 0 Å². The summed E-state index contributed by atoms with van der Waals surface area (Å²) in [6.45, 7) is 0.678. The van der Waals surface area contributed by atoms with Gasteiger partial charge in [0.05, 0.1) is 12.8 Å². The monoisotopic (exact) mass is 165 g/mol. The third-order valence-electron chi connectivity index (χ3n) is 1.40. The first-order valence-electron chi connectivity index (χ1n) is 3.67. The first-order valence-corrected chi connectivity index (χ1v) is 3.67. The lowest BCUT2D eigenvalue weighted by atomic mass is 10.4. The Bertz CT molecular complexity index is 252. The van der Waals surface area contributed by atoms with Crippen LogP contribution in [0.25, 0.3) is 0 Å². The molecule has 0 amide bonds. The Morgan fingerprint density at radius 3 is 3.08 bits per heavy atom. The third-order valence-corrected chi connectivity index (χ3v) is 1.40. The van der Waals surface area contributed by atoms with Crippen molar-refractivity contribution in [1.29, 1.82) is 0 Å². The molecule has 3 heteroatoms. The van der Waals surface area contributed by atoms with Crippen LogP contribution in [0.3, 0.4) is 0 Å². The van der Waals surface area contributed by atoms with E-state index in [0.29, 0.717) is 6.54 Å². The van der Waals surface area contributed by atoms with Gasteiger partial charge in [0.1, 0.15) is 12.0 Å². The Morgan fingerprint density at radius 1 is 1.67 bits per heavy atom. The molecule has 0 radical (unpaired) electrons. The molecule has 12 heavy (non-hydrogen) atoms. The predicted molar refractivity (Wildman–Crippen MR) is 45.4 cm³/mol. The number of aldehydes is 1. The van der Waals surface area contributed by atoms with Gasteiger partial charge in [-0.2, -0.15) is 0 Å². The second-order valence-electron chi connectivity index (χ2n) is 2.47. The highest BCUT2D eigenvalue weighted by Crippen LogP contribution is 2.03. The van der Waals surface area contributed by atoms with Crippen LogP contribution in [0.5, 0.6) is 0 Å². The van der Waals surface area contributed by atoms with E-state index in [4.69, 9.17) is 4.42 Å². The van der Waals surface area contributed by atoms with Crippen LogP contribution in [-0.4, -0.2) is 18.2 Å². The van der Waals surface area contributed by atoms with Gasteiger partial charge >= 0.3 is 0 Å². The van der Waals surface area contributed by atoms with Crippen molar-refractivity contribution in [2.45, 2.75) is 6.54 Å². The fourth-order valence-electron chi connectivity index (χ4n) is 0.883. The average Bonchev–Trinajstić information content (AvgIpc) is 2.53.